The SMILES string of the molecule is CCCC1NC(=O)CN(CC2(C(C)C)CC2)C1=O. The van der Waals surface area contributed by atoms with Gasteiger partial charge in [-0.05, 0) is 30.6 Å². The van der Waals surface area contributed by atoms with Crippen LogP contribution in [-0.2, 0) is 9.59 Å². The molecular formula is C14H24N2O2. The number of nitrogens with one attached hydrogen (secondary N) is 1. The zero-order valence-electron chi connectivity index (χ0n) is 11.7. The van der Waals surface area contributed by atoms with E-state index >= 15 is 0 Å². The predicted molar refractivity (Wildman–Crippen MR) is 69.9 cm³/mol. The van der Waals surface area contributed by atoms with Crippen molar-refractivity contribution in [1.29, 1.82) is 0 Å². The van der Waals surface area contributed by atoms with Crippen molar-refractivity contribution in [3.8, 4) is 0 Å². The molecule has 0 spiro atoms. The van der Waals surface area contributed by atoms with Crippen molar-refractivity contribution in [1.82, 2.24) is 10.2 Å². The number of hydrogen-bond donors (Lipinski definition) is 1. The fraction of sp³-hybridized carbons (Fsp3) is 0.857. The molecule has 18 heavy (non-hydrogen) atoms. The summed E-state index contributed by atoms with van der Waals surface area (Å²) in [6, 6.07) is -0.292. The fourth-order valence-electron chi connectivity index (χ4n) is 2.85. The van der Waals surface area contributed by atoms with Gasteiger partial charge in [-0.2, -0.15) is 0 Å². The van der Waals surface area contributed by atoms with Crippen LogP contribution in [0.25, 0.3) is 0 Å². The van der Waals surface area contributed by atoms with Gasteiger partial charge < -0.3 is 10.2 Å². The van der Waals surface area contributed by atoms with Crippen molar-refractivity contribution in [2.75, 3.05) is 13.1 Å². The zero-order valence-corrected chi connectivity index (χ0v) is 11.7. The van der Waals surface area contributed by atoms with Crippen LogP contribution in [-0.4, -0.2) is 35.8 Å². The van der Waals surface area contributed by atoms with Crippen molar-refractivity contribution in [3.05, 3.63) is 0 Å². The molecule has 2 fully saturated rings. The summed E-state index contributed by atoms with van der Waals surface area (Å²) in [5.74, 6) is 0.691. The number of piperazine rings is 1. The first kappa shape index (κ1) is 13.4. The maximum absolute atomic E-state index is 12.3. The summed E-state index contributed by atoms with van der Waals surface area (Å²) in [5, 5.41) is 2.80. The van der Waals surface area contributed by atoms with E-state index in [0.717, 1.165) is 19.4 Å². The van der Waals surface area contributed by atoms with Crippen molar-refractivity contribution in [2.45, 2.75) is 52.5 Å². The Labute approximate surface area is 109 Å². The van der Waals surface area contributed by atoms with Gasteiger partial charge in [0.1, 0.15) is 6.04 Å². The van der Waals surface area contributed by atoms with Crippen LogP contribution in [0.15, 0.2) is 0 Å². The molecule has 4 heteroatoms. The Morgan fingerprint density at radius 2 is 2.06 bits per heavy atom. The van der Waals surface area contributed by atoms with E-state index in [4.69, 9.17) is 0 Å². The average Bonchev–Trinajstić information content (AvgIpc) is 3.06. The Morgan fingerprint density at radius 1 is 1.39 bits per heavy atom. The first-order valence-corrected chi connectivity index (χ1v) is 7.06. The third-order valence-electron chi connectivity index (χ3n) is 4.48. The maximum Gasteiger partial charge on any atom is 0.245 e. The molecule has 1 heterocycles. The predicted octanol–water partition coefficient (Wildman–Crippen LogP) is 1.55. The van der Waals surface area contributed by atoms with E-state index in [0.29, 0.717) is 5.92 Å². The van der Waals surface area contributed by atoms with Gasteiger partial charge in [-0.1, -0.05) is 27.2 Å². The van der Waals surface area contributed by atoms with Crippen LogP contribution < -0.4 is 5.32 Å². The molecule has 0 bridgehead atoms. The molecule has 0 aromatic carbocycles. The Bertz CT molecular complexity index is 348. The number of nitrogens with zero attached hydrogens (tertiary/aromatic N) is 1. The maximum atomic E-state index is 12.3. The molecule has 0 aromatic heterocycles. The Kier molecular flexibility index (Phi) is 3.64. The molecule has 1 aliphatic heterocycles. The van der Waals surface area contributed by atoms with Crippen LogP contribution in [0.2, 0.25) is 0 Å². The highest BCUT2D eigenvalue weighted by Gasteiger charge is 2.48. The molecule has 1 saturated carbocycles. The lowest BCUT2D eigenvalue weighted by Crippen LogP contribution is -2.59. The molecule has 1 unspecified atom stereocenters. The quantitative estimate of drug-likeness (QED) is 0.807. The van der Waals surface area contributed by atoms with E-state index in [2.05, 4.69) is 19.2 Å². The Balaban J connectivity index is 2.03. The summed E-state index contributed by atoms with van der Waals surface area (Å²) in [5.41, 5.74) is 0.282. The highest BCUT2D eigenvalue weighted by atomic mass is 16.2. The van der Waals surface area contributed by atoms with E-state index in [1.54, 1.807) is 4.90 Å². The van der Waals surface area contributed by atoms with E-state index in [1.807, 2.05) is 6.92 Å². The summed E-state index contributed by atoms with van der Waals surface area (Å²) in [4.78, 5) is 25.8. The minimum atomic E-state index is -0.292. The first-order chi connectivity index (χ1) is 8.48. The van der Waals surface area contributed by atoms with Gasteiger partial charge in [-0.25, -0.2) is 0 Å². The molecule has 1 saturated heterocycles. The van der Waals surface area contributed by atoms with E-state index < -0.39 is 0 Å². The minimum Gasteiger partial charge on any atom is -0.343 e. The topological polar surface area (TPSA) is 49.4 Å². The van der Waals surface area contributed by atoms with Crippen LogP contribution in [0.3, 0.4) is 0 Å². The van der Waals surface area contributed by atoms with Crippen LogP contribution >= 0.6 is 0 Å². The number of carbonyl (C=O) groups is 2. The number of carbonyl (C=O) groups excluding carboxylic acids is 2. The number of hydrogen-bond acceptors (Lipinski definition) is 2. The van der Waals surface area contributed by atoms with E-state index in [9.17, 15) is 9.59 Å². The lowest BCUT2D eigenvalue weighted by Gasteiger charge is -2.36. The van der Waals surface area contributed by atoms with Crippen molar-refractivity contribution >= 4 is 11.8 Å². The summed E-state index contributed by atoms with van der Waals surface area (Å²) in [6.45, 7) is 7.47. The van der Waals surface area contributed by atoms with Crippen LogP contribution in [0.4, 0.5) is 0 Å². The number of rotatable bonds is 5. The molecule has 0 aromatic rings. The molecule has 102 valence electrons. The van der Waals surface area contributed by atoms with Crippen LogP contribution in [0.5, 0.6) is 0 Å². The average molecular weight is 252 g/mol. The molecule has 0 radical (unpaired) electrons. The van der Waals surface area contributed by atoms with Gasteiger partial charge in [0.05, 0.1) is 6.54 Å². The molecular weight excluding hydrogens is 228 g/mol. The molecule has 1 N–H and O–H groups in total. The zero-order chi connectivity index (χ0) is 13.3. The standard InChI is InChI=1S/C14H24N2O2/c1-4-5-11-13(18)16(8-12(17)15-11)9-14(6-7-14)10(2)3/h10-11H,4-9H2,1-3H3,(H,15,17). The monoisotopic (exact) mass is 252 g/mol. The van der Waals surface area contributed by atoms with Crippen molar-refractivity contribution in [2.24, 2.45) is 11.3 Å². The minimum absolute atomic E-state index is 0.00685. The summed E-state index contributed by atoms with van der Waals surface area (Å²) in [7, 11) is 0. The smallest absolute Gasteiger partial charge is 0.245 e. The van der Waals surface area contributed by atoms with Crippen LogP contribution in [0.1, 0.15) is 46.5 Å². The molecule has 1 aliphatic carbocycles. The van der Waals surface area contributed by atoms with Gasteiger partial charge in [0.15, 0.2) is 0 Å². The largest absolute Gasteiger partial charge is 0.343 e. The highest BCUT2D eigenvalue weighted by molar-refractivity contribution is 5.94. The summed E-state index contributed by atoms with van der Waals surface area (Å²) >= 11 is 0. The molecule has 2 amide bonds. The second-order valence-electron chi connectivity index (χ2n) is 6.12. The van der Waals surface area contributed by atoms with Gasteiger partial charge in [-0.15, -0.1) is 0 Å². The van der Waals surface area contributed by atoms with E-state index in [1.165, 1.54) is 12.8 Å². The second-order valence-corrected chi connectivity index (χ2v) is 6.12. The van der Waals surface area contributed by atoms with Crippen molar-refractivity contribution in [3.63, 3.8) is 0 Å². The molecule has 4 nitrogen and oxygen atoms in total. The van der Waals surface area contributed by atoms with Gasteiger partial charge in [0.2, 0.25) is 11.8 Å². The first-order valence-electron chi connectivity index (χ1n) is 7.06. The molecule has 2 rings (SSSR count). The highest BCUT2D eigenvalue weighted by Crippen LogP contribution is 2.52. The van der Waals surface area contributed by atoms with Crippen LogP contribution in [0, 0.1) is 11.3 Å². The van der Waals surface area contributed by atoms with Gasteiger partial charge in [0.25, 0.3) is 0 Å². The normalized spacial score (nSPS) is 26.4. The third kappa shape index (κ3) is 2.52. The van der Waals surface area contributed by atoms with E-state index in [-0.39, 0.29) is 29.8 Å². The van der Waals surface area contributed by atoms with Gasteiger partial charge >= 0.3 is 0 Å². The lowest BCUT2D eigenvalue weighted by molar-refractivity contribution is -0.145. The van der Waals surface area contributed by atoms with Gasteiger partial charge in [-0.3, -0.25) is 9.59 Å². The fourth-order valence-corrected chi connectivity index (χ4v) is 2.85. The lowest BCUT2D eigenvalue weighted by atomic mass is 9.91. The number of amides is 2. The van der Waals surface area contributed by atoms with Gasteiger partial charge in [0, 0.05) is 6.54 Å². The molecule has 1 atom stereocenters. The second kappa shape index (κ2) is 4.90. The molecule has 2 aliphatic rings. The van der Waals surface area contributed by atoms with Crippen molar-refractivity contribution < 1.29 is 9.59 Å². The third-order valence-corrected chi connectivity index (χ3v) is 4.48. The summed E-state index contributed by atoms with van der Waals surface area (Å²) in [6.07, 6.45) is 4.04. The Morgan fingerprint density at radius 3 is 2.56 bits per heavy atom. The summed E-state index contributed by atoms with van der Waals surface area (Å²) < 4.78 is 0. The Hall–Kier alpha value is -1.06.